The lowest BCUT2D eigenvalue weighted by Gasteiger charge is -2.09. The van der Waals surface area contributed by atoms with Crippen molar-refractivity contribution in [1.29, 1.82) is 0 Å². The molecule has 0 unspecified atom stereocenters. The Hall–Kier alpha value is -1.91. The summed E-state index contributed by atoms with van der Waals surface area (Å²) in [6.45, 7) is 3.32. The topological polar surface area (TPSA) is 110 Å². The van der Waals surface area contributed by atoms with Crippen molar-refractivity contribution >= 4 is 44.9 Å². The SMILES string of the molecule is COc1cc(Cl)nc(NC(=O)NS(=O)(=O)c2c(C)csc2C)n1. The summed E-state index contributed by atoms with van der Waals surface area (Å²) >= 11 is 7.03. The van der Waals surface area contributed by atoms with Crippen LogP contribution in [-0.4, -0.2) is 31.5 Å². The van der Waals surface area contributed by atoms with Gasteiger partial charge in [0.15, 0.2) is 0 Å². The predicted octanol–water partition coefficient (Wildman–Crippen LogP) is 2.33. The van der Waals surface area contributed by atoms with Gasteiger partial charge in [0.1, 0.15) is 10.0 Å². The molecule has 2 aromatic heterocycles. The number of nitrogens with one attached hydrogen (secondary N) is 2. The van der Waals surface area contributed by atoms with Gasteiger partial charge in [-0.25, -0.2) is 22.9 Å². The molecule has 23 heavy (non-hydrogen) atoms. The molecule has 2 N–H and O–H groups in total. The van der Waals surface area contributed by atoms with E-state index in [-0.39, 0.29) is 21.9 Å². The average molecular weight is 377 g/mol. The Labute approximate surface area is 141 Å². The largest absolute Gasteiger partial charge is 0.481 e. The Kier molecular flexibility index (Phi) is 5.07. The van der Waals surface area contributed by atoms with Gasteiger partial charge in [-0.15, -0.1) is 11.3 Å². The van der Waals surface area contributed by atoms with Crippen LogP contribution in [-0.2, 0) is 10.0 Å². The Morgan fingerprint density at radius 2 is 2.04 bits per heavy atom. The first-order valence-electron chi connectivity index (χ1n) is 6.20. The van der Waals surface area contributed by atoms with Crippen molar-refractivity contribution in [2.45, 2.75) is 18.7 Å². The van der Waals surface area contributed by atoms with Gasteiger partial charge in [0.05, 0.1) is 7.11 Å². The molecule has 8 nitrogen and oxygen atoms in total. The van der Waals surface area contributed by atoms with E-state index < -0.39 is 16.1 Å². The van der Waals surface area contributed by atoms with E-state index >= 15 is 0 Å². The molecule has 2 amide bonds. The molecule has 0 saturated carbocycles. The van der Waals surface area contributed by atoms with Crippen LogP contribution in [0.4, 0.5) is 10.7 Å². The van der Waals surface area contributed by atoms with E-state index in [2.05, 4.69) is 15.3 Å². The number of urea groups is 1. The number of aryl methyl sites for hydroxylation is 2. The molecule has 2 heterocycles. The third kappa shape index (κ3) is 4.09. The highest BCUT2D eigenvalue weighted by Gasteiger charge is 2.23. The number of methoxy groups -OCH3 is 1. The van der Waals surface area contributed by atoms with Crippen LogP contribution in [0.3, 0.4) is 0 Å². The molecular weight excluding hydrogens is 364 g/mol. The summed E-state index contributed by atoms with van der Waals surface area (Å²) in [5.74, 6) is -0.0477. The minimum absolute atomic E-state index is 0.0412. The summed E-state index contributed by atoms with van der Waals surface area (Å²) in [4.78, 5) is 20.2. The zero-order valence-electron chi connectivity index (χ0n) is 12.4. The summed E-state index contributed by atoms with van der Waals surface area (Å²) in [5.41, 5.74) is 0.563. The summed E-state index contributed by atoms with van der Waals surface area (Å²) in [6.07, 6.45) is 0. The number of nitrogens with zero attached hydrogens (tertiary/aromatic N) is 2. The smallest absolute Gasteiger partial charge is 0.335 e. The Morgan fingerprint density at radius 3 is 2.61 bits per heavy atom. The summed E-state index contributed by atoms with van der Waals surface area (Å²) < 4.78 is 31.3. The quantitative estimate of drug-likeness (QED) is 0.792. The van der Waals surface area contributed by atoms with Crippen molar-refractivity contribution in [3.05, 3.63) is 27.0 Å². The predicted molar refractivity (Wildman–Crippen MR) is 86.7 cm³/mol. The zero-order valence-corrected chi connectivity index (χ0v) is 14.8. The van der Waals surface area contributed by atoms with Crippen LogP contribution < -0.4 is 14.8 Å². The Morgan fingerprint density at radius 1 is 1.35 bits per heavy atom. The van der Waals surface area contributed by atoms with Crippen LogP contribution in [0.5, 0.6) is 5.88 Å². The normalized spacial score (nSPS) is 11.1. The maximum Gasteiger partial charge on any atom is 0.335 e. The van der Waals surface area contributed by atoms with Crippen molar-refractivity contribution in [1.82, 2.24) is 14.7 Å². The molecule has 0 bridgehead atoms. The van der Waals surface area contributed by atoms with Crippen molar-refractivity contribution in [2.75, 3.05) is 12.4 Å². The van der Waals surface area contributed by atoms with Gasteiger partial charge in [-0.3, -0.25) is 5.32 Å². The van der Waals surface area contributed by atoms with E-state index in [0.29, 0.717) is 10.4 Å². The zero-order chi connectivity index (χ0) is 17.2. The van der Waals surface area contributed by atoms with Crippen LogP contribution in [0.2, 0.25) is 5.15 Å². The first kappa shape index (κ1) is 17.4. The molecule has 0 aliphatic heterocycles. The molecule has 0 aliphatic carbocycles. The molecule has 0 spiro atoms. The lowest BCUT2D eigenvalue weighted by atomic mass is 10.3. The lowest BCUT2D eigenvalue weighted by molar-refractivity contribution is 0.256. The van der Waals surface area contributed by atoms with Gasteiger partial charge in [0.25, 0.3) is 10.0 Å². The number of hydrogen-bond acceptors (Lipinski definition) is 7. The van der Waals surface area contributed by atoms with Crippen LogP contribution in [0.15, 0.2) is 16.3 Å². The number of hydrogen-bond donors (Lipinski definition) is 2. The fourth-order valence-electron chi connectivity index (χ4n) is 1.82. The number of ether oxygens (including phenoxy) is 1. The van der Waals surface area contributed by atoms with Crippen LogP contribution in [0, 0.1) is 13.8 Å². The lowest BCUT2D eigenvalue weighted by Crippen LogP contribution is -2.35. The third-order valence-corrected chi connectivity index (χ3v) is 5.66. The number of thiophene rings is 1. The Balaban J connectivity index is 2.18. The summed E-state index contributed by atoms with van der Waals surface area (Å²) in [6, 6.07) is 0.346. The number of anilines is 1. The first-order chi connectivity index (χ1) is 10.7. The minimum Gasteiger partial charge on any atom is -0.481 e. The number of carbonyl (C=O) groups is 1. The number of amides is 2. The van der Waals surface area contributed by atoms with Crippen LogP contribution in [0.25, 0.3) is 0 Å². The Bertz CT molecular complexity index is 831. The molecule has 2 rings (SSSR count). The minimum atomic E-state index is -3.99. The molecule has 0 radical (unpaired) electrons. The fourth-order valence-corrected chi connectivity index (χ4v) is 4.54. The summed E-state index contributed by atoms with van der Waals surface area (Å²) in [7, 11) is -2.62. The van der Waals surface area contributed by atoms with Crippen molar-refractivity contribution < 1.29 is 17.9 Å². The van der Waals surface area contributed by atoms with E-state index in [1.165, 1.54) is 24.5 Å². The van der Waals surface area contributed by atoms with E-state index in [1.807, 2.05) is 4.72 Å². The van der Waals surface area contributed by atoms with Crippen molar-refractivity contribution in [3.8, 4) is 5.88 Å². The van der Waals surface area contributed by atoms with Gasteiger partial charge in [-0.05, 0) is 24.8 Å². The molecular formula is C12H13ClN4O4S2. The molecule has 124 valence electrons. The molecule has 0 aliphatic rings. The number of rotatable bonds is 4. The molecule has 0 aromatic carbocycles. The van der Waals surface area contributed by atoms with Gasteiger partial charge < -0.3 is 4.74 Å². The average Bonchev–Trinajstić information content (AvgIpc) is 2.77. The van der Waals surface area contributed by atoms with Gasteiger partial charge in [0.2, 0.25) is 11.8 Å². The second kappa shape index (κ2) is 6.69. The highest BCUT2D eigenvalue weighted by Crippen LogP contribution is 2.25. The maximum atomic E-state index is 12.3. The fraction of sp³-hybridized carbons (Fsp3) is 0.250. The second-order valence-corrected chi connectivity index (χ2v) is 7.51. The van der Waals surface area contributed by atoms with Gasteiger partial charge in [-0.2, -0.15) is 4.98 Å². The third-order valence-electron chi connectivity index (χ3n) is 2.69. The highest BCUT2D eigenvalue weighted by molar-refractivity contribution is 7.90. The summed E-state index contributed by atoms with van der Waals surface area (Å²) in [5, 5.41) is 3.94. The maximum absolute atomic E-state index is 12.3. The van der Waals surface area contributed by atoms with E-state index in [0.717, 1.165) is 0 Å². The number of aromatic nitrogens is 2. The first-order valence-corrected chi connectivity index (χ1v) is 8.94. The molecule has 0 atom stereocenters. The molecule has 0 saturated heterocycles. The molecule has 2 aromatic rings. The second-order valence-electron chi connectivity index (χ2n) is 4.42. The monoisotopic (exact) mass is 376 g/mol. The molecule has 11 heteroatoms. The number of halogens is 1. The molecule has 0 fully saturated rings. The van der Waals surface area contributed by atoms with Gasteiger partial charge in [0, 0.05) is 10.9 Å². The van der Waals surface area contributed by atoms with Gasteiger partial charge in [-0.1, -0.05) is 11.6 Å². The van der Waals surface area contributed by atoms with E-state index in [4.69, 9.17) is 16.3 Å². The van der Waals surface area contributed by atoms with Gasteiger partial charge >= 0.3 is 6.03 Å². The van der Waals surface area contributed by atoms with Crippen molar-refractivity contribution in [2.24, 2.45) is 0 Å². The van der Waals surface area contributed by atoms with Crippen LogP contribution in [0.1, 0.15) is 10.4 Å². The van der Waals surface area contributed by atoms with Crippen molar-refractivity contribution in [3.63, 3.8) is 0 Å². The standard InChI is InChI=1S/C12H13ClN4O4S2/c1-6-5-22-7(2)10(6)23(19,20)17-12(18)16-11-14-8(13)4-9(15-11)21-3/h4-5H,1-3H3,(H2,14,15,16,17,18). The number of carbonyl (C=O) groups excluding carboxylic acids is 1. The van der Waals surface area contributed by atoms with Crippen LogP contribution >= 0.6 is 22.9 Å². The van der Waals surface area contributed by atoms with E-state index in [1.54, 1.807) is 19.2 Å². The number of sulfonamides is 1. The van der Waals surface area contributed by atoms with E-state index in [9.17, 15) is 13.2 Å². The highest BCUT2D eigenvalue weighted by atomic mass is 35.5.